The minimum absolute atomic E-state index is 0.0394. The number of halogens is 1. The van der Waals surface area contributed by atoms with Crippen molar-refractivity contribution in [3.63, 3.8) is 0 Å². The van der Waals surface area contributed by atoms with Gasteiger partial charge in [0.2, 0.25) is 5.91 Å². The number of carbonyl (C=O) groups is 1. The summed E-state index contributed by atoms with van der Waals surface area (Å²) in [5, 5.41) is 2.34. The summed E-state index contributed by atoms with van der Waals surface area (Å²) < 4.78 is 4.42. The average molecular weight is 168 g/mol. The summed E-state index contributed by atoms with van der Waals surface area (Å²) in [5.41, 5.74) is 0. The molecule has 0 bridgehead atoms. The molecule has 0 aliphatic carbocycles. The van der Waals surface area contributed by atoms with Gasteiger partial charge in [0, 0.05) is 6.92 Å². The maximum Gasteiger partial charge on any atom is 0.257 e. The summed E-state index contributed by atoms with van der Waals surface area (Å²) in [5.74, 6) is -0.178. The van der Waals surface area contributed by atoms with E-state index in [2.05, 4.69) is 22.3 Å². The van der Waals surface area contributed by atoms with Crippen LogP contribution in [0.5, 0.6) is 0 Å². The molecule has 0 aromatic rings. The molecular formula is C4H6ClNO2S. The molecule has 3 nitrogen and oxygen atoms in total. The third-order valence-electron chi connectivity index (χ3n) is 0.507. The van der Waals surface area contributed by atoms with E-state index in [-0.39, 0.29) is 17.1 Å². The lowest BCUT2D eigenvalue weighted by molar-refractivity contribution is -0.119. The quantitative estimate of drug-likeness (QED) is 0.372. The number of hydrogen-bond acceptors (Lipinski definition) is 3. The SMILES string of the molecule is CC(=O)NCOC(=S)Cl. The highest BCUT2D eigenvalue weighted by atomic mass is 35.5. The van der Waals surface area contributed by atoms with Crippen molar-refractivity contribution in [1.29, 1.82) is 0 Å². The molecular weight excluding hydrogens is 162 g/mol. The summed E-state index contributed by atoms with van der Waals surface area (Å²) in [7, 11) is 0. The number of ether oxygens (including phenoxy) is 1. The lowest BCUT2D eigenvalue weighted by Gasteiger charge is -2.00. The van der Waals surface area contributed by atoms with Crippen LogP contribution < -0.4 is 5.32 Å². The molecule has 0 fully saturated rings. The van der Waals surface area contributed by atoms with Gasteiger partial charge in [0.1, 0.15) is 0 Å². The number of nitrogens with one attached hydrogen (secondary N) is 1. The predicted octanol–water partition coefficient (Wildman–Crippen LogP) is 0.620. The van der Waals surface area contributed by atoms with Crippen molar-refractivity contribution in [3.05, 3.63) is 0 Å². The first-order chi connectivity index (χ1) is 4.13. The van der Waals surface area contributed by atoms with E-state index in [0.29, 0.717) is 0 Å². The van der Waals surface area contributed by atoms with Gasteiger partial charge in [-0.05, 0) is 23.8 Å². The van der Waals surface area contributed by atoms with E-state index in [1.165, 1.54) is 6.92 Å². The van der Waals surface area contributed by atoms with Gasteiger partial charge in [0.15, 0.2) is 6.73 Å². The zero-order valence-electron chi connectivity index (χ0n) is 4.81. The van der Waals surface area contributed by atoms with Crippen LogP contribution in [0, 0.1) is 0 Å². The summed E-state index contributed by atoms with van der Waals surface area (Å²) >= 11 is 9.46. The van der Waals surface area contributed by atoms with E-state index < -0.39 is 0 Å². The molecule has 0 radical (unpaired) electrons. The van der Waals surface area contributed by atoms with Crippen LogP contribution in [-0.4, -0.2) is 17.1 Å². The summed E-state index contributed by atoms with van der Waals surface area (Å²) in [6.45, 7) is 1.41. The standard InChI is InChI=1S/C4H6ClNO2S/c1-3(7)6-2-8-4(5)9/h2H2,1H3,(H,6,7). The van der Waals surface area contributed by atoms with Crippen LogP contribution in [0.25, 0.3) is 0 Å². The normalized spacial score (nSPS) is 8.22. The maximum atomic E-state index is 10.1. The fourth-order valence-corrected chi connectivity index (χ4v) is 0.308. The zero-order valence-corrected chi connectivity index (χ0v) is 6.38. The Morgan fingerprint density at radius 3 is 2.78 bits per heavy atom. The van der Waals surface area contributed by atoms with Crippen LogP contribution in [0.2, 0.25) is 0 Å². The zero-order chi connectivity index (χ0) is 7.28. The van der Waals surface area contributed by atoms with Crippen LogP contribution in [0.3, 0.4) is 0 Å². The van der Waals surface area contributed by atoms with Gasteiger partial charge in [-0.3, -0.25) is 4.79 Å². The molecule has 0 rings (SSSR count). The van der Waals surface area contributed by atoms with E-state index in [1.807, 2.05) is 0 Å². The number of thiocarbonyl (C=S) groups is 1. The molecule has 0 saturated carbocycles. The Kier molecular flexibility index (Phi) is 4.35. The summed E-state index contributed by atoms with van der Waals surface area (Å²) in [4.78, 5) is 10.1. The molecule has 0 aromatic carbocycles. The molecule has 0 saturated heterocycles. The van der Waals surface area contributed by atoms with Gasteiger partial charge >= 0.3 is 0 Å². The number of rotatable bonds is 2. The van der Waals surface area contributed by atoms with Gasteiger partial charge in [0.05, 0.1) is 0 Å². The van der Waals surface area contributed by atoms with Crippen molar-refractivity contribution in [2.45, 2.75) is 6.92 Å². The molecule has 0 aliphatic heterocycles. The van der Waals surface area contributed by atoms with Crippen molar-refractivity contribution >= 4 is 34.2 Å². The van der Waals surface area contributed by atoms with Crippen LogP contribution in [0.15, 0.2) is 0 Å². The van der Waals surface area contributed by atoms with Crippen molar-refractivity contribution in [2.75, 3.05) is 6.73 Å². The molecule has 0 spiro atoms. The van der Waals surface area contributed by atoms with Crippen LogP contribution in [-0.2, 0) is 9.53 Å². The fraction of sp³-hybridized carbons (Fsp3) is 0.500. The number of carbonyl (C=O) groups excluding carboxylic acids is 1. The van der Waals surface area contributed by atoms with Crippen molar-refractivity contribution < 1.29 is 9.53 Å². The number of amides is 1. The second-order valence-electron chi connectivity index (χ2n) is 1.26. The van der Waals surface area contributed by atoms with E-state index in [9.17, 15) is 4.79 Å². The molecule has 0 atom stereocenters. The molecule has 0 heterocycles. The molecule has 0 aliphatic rings. The minimum Gasteiger partial charge on any atom is -0.454 e. The van der Waals surface area contributed by atoms with E-state index >= 15 is 0 Å². The molecule has 1 amide bonds. The molecule has 0 unspecified atom stereocenters. The maximum absolute atomic E-state index is 10.1. The minimum atomic E-state index is -0.178. The van der Waals surface area contributed by atoms with Gasteiger partial charge < -0.3 is 10.1 Å². The lowest BCUT2D eigenvalue weighted by Crippen LogP contribution is -2.23. The first kappa shape index (κ1) is 8.65. The average Bonchev–Trinajstić information content (AvgIpc) is 1.63. The molecule has 5 heteroatoms. The smallest absolute Gasteiger partial charge is 0.257 e. The van der Waals surface area contributed by atoms with Gasteiger partial charge in [-0.2, -0.15) is 0 Å². The second kappa shape index (κ2) is 4.52. The van der Waals surface area contributed by atoms with Gasteiger partial charge in [-0.25, -0.2) is 0 Å². The second-order valence-corrected chi connectivity index (χ2v) is 2.20. The lowest BCUT2D eigenvalue weighted by atomic mass is 10.7. The summed E-state index contributed by atoms with van der Waals surface area (Å²) in [6.07, 6.45) is 0. The van der Waals surface area contributed by atoms with Crippen LogP contribution >= 0.6 is 23.8 Å². The van der Waals surface area contributed by atoms with Crippen LogP contribution in [0.1, 0.15) is 6.92 Å². The highest BCUT2D eigenvalue weighted by Crippen LogP contribution is 1.84. The molecule has 52 valence electrons. The molecule has 0 aromatic heterocycles. The molecule has 1 N–H and O–H groups in total. The van der Waals surface area contributed by atoms with Crippen LogP contribution in [0.4, 0.5) is 0 Å². The first-order valence-corrected chi connectivity index (χ1v) is 2.98. The molecule has 9 heavy (non-hydrogen) atoms. The van der Waals surface area contributed by atoms with E-state index in [0.717, 1.165) is 0 Å². The van der Waals surface area contributed by atoms with Gasteiger partial charge in [-0.15, -0.1) is 0 Å². The first-order valence-electron chi connectivity index (χ1n) is 2.19. The summed E-state index contributed by atoms with van der Waals surface area (Å²) in [6, 6.07) is 0. The largest absolute Gasteiger partial charge is 0.454 e. The van der Waals surface area contributed by atoms with Crippen molar-refractivity contribution in [2.24, 2.45) is 0 Å². The fourth-order valence-electron chi connectivity index (χ4n) is 0.194. The predicted molar refractivity (Wildman–Crippen MR) is 38.2 cm³/mol. The monoisotopic (exact) mass is 167 g/mol. The highest BCUT2D eigenvalue weighted by Gasteiger charge is 1.90. The number of hydrogen-bond donors (Lipinski definition) is 1. The Labute approximate surface area is 63.3 Å². The van der Waals surface area contributed by atoms with Gasteiger partial charge in [0.25, 0.3) is 4.51 Å². The Bertz CT molecular complexity index is 114. The Hall–Kier alpha value is -0.350. The Balaban J connectivity index is 3.10. The third kappa shape index (κ3) is 7.65. The Morgan fingerprint density at radius 2 is 2.44 bits per heavy atom. The highest BCUT2D eigenvalue weighted by molar-refractivity contribution is 7.82. The van der Waals surface area contributed by atoms with Gasteiger partial charge in [-0.1, -0.05) is 0 Å². The van der Waals surface area contributed by atoms with E-state index in [1.54, 1.807) is 0 Å². The van der Waals surface area contributed by atoms with Crippen molar-refractivity contribution in [3.8, 4) is 0 Å². The topological polar surface area (TPSA) is 38.3 Å². The van der Waals surface area contributed by atoms with E-state index in [4.69, 9.17) is 11.6 Å². The Morgan fingerprint density at radius 1 is 1.89 bits per heavy atom. The third-order valence-corrected chi connectivity index (χ3v) is 0.734. The van der Waals surface area contributed by atoms with Crippen molar-refractivity contribution in [1.82, 2.24) is 5.32 Å².